The molecular formula is C23H24N6O7S. The molecule has 0 saturated carbocycles. The summed E-state index contributed by atoms with van der Waals surface area (Å²) in [6, 6.07) is 19.4. The average molecular weight is 529 g/mol. The molecule has 0 bridgehead atoms. The maximum absolute atomic E-state index is 12.5. The van der Waals surface area contributed by atoms with Crippen LogP contribution in [0.4, 0.5) is 22.7 Å². The van der Waals surface area contributed by atoms with Gasteiger partial charge in [0.05, 0.1) is 24.4 Å². The third kappa shape index (κ3) is 9.14. The molecule has 0 fully saturated rings. The lowest BCUT2D eigenvalue weighted by atomic mass is 10.2. The summed E-state index contributed by atoms with van der Waals surface area (Å²) in [5.41, 5.74) is 12.8. The highest BCUT2D eigenvalue weighted by Gasteiger charge is 2.09. The lowest BCUT2D eigenvalue weighted by molar-refractivity contribution is -0.242. The number of hydrazine groups is 2. The molecule has 0 spiro atoms. The molecular weight excluding hydrogens is 504 g/mol. The molecule has 0 radical (unpaired) electrons. The van der Waals surface area contributed by atoms with Crippen molar-refractivity contribution in [2.75, 3.05) is 27.5 Å². The van der Waals surface area contributed by atoms with Crippen LogP contribution in [0.2, 0.25) is 0 Å². The van der Waals surface area contributed by atoms with Crippen LogP contribution in [0, 0.1) is 0 Å². The second kappa shape index (κ2) is 14.0. The second-order valence-corrected chi connectivity index (χ2v) is 8.04. The predicted octanol–water partition coefficient (Wildman–Crippen LogP) is 2.40. The number of benzene rings is 3. The Bertz CT molecular complexity index is 1210. The molecule has 3 rings (SSSR count). The number of carbonyl (C=O) groups excluding carboxylic acids is 3. The normalized spacial score (nSPS) is 10.9. The van der Waals surface area contributed by atoms with Crippen LogP contribution in [0.15, 0.2) is 72.8 Å². The number of amides is 3. The smallest absolute Gasteiger partial charge is 0.316 e. The SMILES string of the molecule is O=CNNc1ccc(NC(=O)c2ccc(OS(=O)Nc3ccc(NNC(=O)CCOO)cc3)cc2)cc1. The van der Waals surface area contributed by atoms with Gasteiger partial charge in [0.2, 0.25) is 12.3 Å². The second-order valence-electron chi connectivity index (χ2n) is 7.20. The molecule has 3 amide bonds. The van der Waals surface area contributed by atoms with Crippen molar-refractivity contribution in [1.29, 1.82) is 0 Å². The van der Waals surface area contributed by atoms with Gasteiger partial charge in [0.15, 0.2) is 0 Å². The fraction of sp³-hybridized carbons (Fsp3) is 0.0870. The molecule has 0 aliphatic rings. The highest BCUT2D eigenvalue weighted by atomic mass is 32.2. The quantitative estimate of drug-likeness (QED) is 0.0939. The van der Waals surface area contributed by atoms with Gasteiger partial charge < -0.3 is 9.50 Å². The van der Waals surface area contributed by atoms with Crippen LogP contribution in [0.1, 0.15) is 16.8 Å². The molecule has 0 heterocycles. The Balaban J connectivity index is 1.45. The van der Waals surface area contributed by atoms with E-state index in [0.717, 1.165) is 0 Å². The molecule has 0 aliphatic heterocycles. The Kier molecular flexibility index (Phi) is 10.2. The number of rotatable bonds is 14. The minimum absolute atomic E-state index is 0.0147. The van der Waals surface area contributed by atoms with Gasteiger partial charge in [-0.2, -0.15) is 4.21 Å². The summed E-state index contributed by atoms with van der Waals surface area (Å²) in [6.07, 6.45) is 0.494. The zero-order valence-electron chi connectivity index (χ0n) is 19.2. The standard InChI is InChI=1S/C23H24N6O7S/c30-15-24-26-18-5-3-17(4-6-18)25-23(32)16-1-11-21(12-2-16)36-37(34)29-20-9-7-19(8-10-20)27-28-22(31)13-14-35-33/h1-12,15,26-27,29,33H,13-14H2,(H,24,30)(H,25,32)(H,28,31). The van der Waals surface area contributed by atoms with E-state index in [9.17, 15) is 18.6 Å². The first-order valence-electron chi connectivity index (χ1n) is 10.7. The molecule has 3 aromatic carbocycles. The summed E-state index contributed by atoms with van der Waals surface area (Å²) in [5, 5.41) is 11.0. The molecule has 13 nitrogen and oxygen atoms in total. The van der Waals surface area contributed by atoms with E-state index in [1.165, 1.54) is 24.3 Å². The van der Waals surface area contributed by atoms with E-state index < -0.39 is 11.3 Å². The van der Waals surface area contributed by atoms with Crippen molar-refractivity contribution in [3.63, 3.8) is 0 Å². The Hall–Kier alpha value is -4.66. The van der Waals surface area contributed by atoms with Crippen LogP contribution in [0.25, 0.3) is 0 Å². The van der Waals surface area contributed by atoms with Gasteiger partial charge in [0.25, 0.3) is 5.91 Å². The van der Waals surface area contributed by atoms with Crippen LogP contribution in [0.3, 0.4) is 0 Å². The van der Waals surface area contributed by atoms with Crippen LogP contribution in [-0.2, 0) is 25.7 Å². The fourth-order valence-corrected chi connectivity index (χ4v) is 3.44. The number of anilines is 4. The first-order chi connectivity index (χ1) is 18.0. The van der Waals surface area contributed by atoms with Gasteiger partial charge in [-0.3, -0.25) is 46.1 Å². The molecule has 194 valence electrons. The van der Waals surface area contributed by atoms with Gasteiger partial charge in [-0.05, 0) is 72.8 Å². The van der Waals surface area contributed by atoms with Gasteiger partial charge in [-0.25, -0.2) is 4.89 Å². The zero-order chi connectivity index (χ0) is 26.5. The summed E-state index contributed by atoms with van der Waals surface area (Å²) in [6.45, 7) is -0.117. The lowest BCUT2D eigenvalue weighted by Crippen LogP contribution is -2.29. The molecule has 37 heavy (non-hydrogen) atoms. The third-order valence-corrected chi connectivity index (χ3v) is 5.31. The third-order valence-electron chi connectivity index (χ3n) is 4.56. The molecule has 0 aromatic heterocycles. The first-order valence-corrected chi connectivity index (χ1v) is 11.8. The summed E-state index contributed by atoms with van der Waals surface area (Å²) < 4.78 is 20.3. The van der Waals surface area contributed by atoms with Crippen molar-refractivity contribution in [2.45, 2.75) is 6.42 Å². The van der Waals surface area contributed by atoms with Crippen molar-refractivity contribution in [3.8, 4) is 5.75 Å². The Labute approximate surface area is 214 Å². The van der Waals surface area contributed by atoms with E-state index >= 15 is 0 Å². The van der Waals surface area contributed by atoms with Crippen LogP contribution >= 0.6 is 0 Å². The van der Waals surface area contributed by atoms with Crippen LogP contribution < -0.4 is 35.9 Å². The van der Waals surface area contributed by atoms with Crippen LogP contribution in [0.5, 0.6) is 5.75 Å². The maximum Gasteiger partial charge on any atom is 0.316 e. The highest BCUT2D eigenvalue weighted by molar-refractivity contribution is 7.81. The molecule has 7 N–H and O–H groups in total. The predicted molar refractivity (Wildman–Crippen MR) is 137 cm³/mol. The van der Waals surface area contributed by atoms with Crippen molar-refractivity contribution in [3.05, 3.63) is 78.4 Å². The van der Waals surface area contributed by atoms with Crippen LogP contribution in [-0.4, -0.2) is 34.3 Å². The Morgan fingerprint density at radius 2 is 1.43 bits per heavy atom. The Morgan fingerprint density at radius 3 is 2.05 bits per heavy atom. The van der Waals surface area contributed by atoms with Crippen molar-refractivity contribution >= 4 is 52.2 Å². The highest BCUT2D eigenvalue weighted by Crippen LogP contribution is 2.18. The number of nitrogens with one attached hydrogen (secondary N) is 6. The minimum atomic E-state index is -1.91. The summed E-state index contributed by atoms with van der Waals surface area (Å²) in [7, 11) is 0. The van der Waals surface area contributed by atoms with E-state index in [0.29, 0.717) is 34.7 Å². The van der Waals surface area contributed by atoms with E-state index in [2.05, 4.69) is 36.6 Å². The Morgan fingerprint density at radius 1 is 0.838 bits per heavy atom. The van der Waals surface area contributed by atoms with Gasteiger partial charge in [-0.1, -0.05) is 0 Å². The number of hydrogen-bond acceptors (Lipinski definition) is 9. The lowest BCUT2D eigenvalue weighted by Gasteiger charge is -2.10. The topological polar surface area (TPSA) is 179 Å². The molecule has 14 heteroatoms. The van der Waals surface area contributed by atoms with Gasteiger partial charge >= 0.3 is 11.3 Å². The molecule has 1 atom stereocenters. The summed E-state index contributed by atoms with van der Waals surface area (Å²) in [4.78, 5) is 38.1. The minimum Gasteiger partial charge on any atom is -0.385 e. The van der Waals surface area contributed by atoms with Crippen molar-refractivity contribution in [2.24, 2.45) is 0 Å². The van der Waals surface area contributed by atoms with Crippen molar-refractivity contribution < 1.29 is 32.9 Å². The van der Waals surface area contributed by atoms with E-state index in [1.54, 1.807) is 48.5 Å². The number of hydrogen-bond donors (Lipinski definition) is 7. The van der Waals surface area contributed by atoms with Gasteiger partial charge in [0, 0.05) is 16.9 Å². The van der Waals surface area contributed by atoms with Gasteiger partial charge in [-0.15, -0.1) is 0 Å². The molecule has 1 unspecified atom stereocenters. The maximum atomic E-state index is 12.5. The van der Waals surface area contributed by atoms with Crippen molar-refractivity contribution in [1.82, 2.24) is 10.9 Å². The van der Waals surface area contributed by atoms with Gasteiger partial charge in [0.1, 0.15) is 5.75 Å². The zero-order valence-corrected chi connectivity index (χ0v) is 20.0. The van der Waals surface area contributed by atoms with E-state index in [-0.39, 0.29) is 30.6 Å². The first kappa shape index (κ1) is 26.9. The van der Waals surface area contributed by atoms with E-state index in [1.807, 2.05) is 0 Å². The largest absolute Gasteiger partial charge is 0.385 e. The molecule has 0 aliphatic carbocycles. The monoisotopic (exact) mass is 528 g/mol. The summed E-state index contributed by atoms with van der Waals surface area (Å²) >= 11 is -1.91. The molecule has 3 aromatic rings. The average Bonchev–Trinajstić information content (AvgIpc) is 2.91. The molecule has 0 saturated heterocycles. The summed E-state index contributed by atoms with van der Waals surface area (Å²) in [5.74, 6) is -0.428. The fourth-order valence-electron chi connectivity index (χ4n) is 2.78. The van der Waals surface area contributed by atoms with E-state index in [4.69, 9.17) is 9.44 Å². The number of carbonyl (C=O) groups is 3.